The van der Waals surface area contributed by atoms with Crippen molar-refractivity contribution in [1.82, 2.24) is 0 Å². The number of hydrogen-bond donors (Lipinski definition) is 1. The Bertz CT molecular complexity index is 42.5. The Morgan fingerprint density at radius 2 is 1.40 bits per heavy atom. The monoisotopic (exact) mass is 209 g/mol. The molecule has 62 valence electrons. The SMILES string of the molecule is CCCCCCCCN.[Se]. The minimum Gasteiger partial charge on any atom is -0.330 e. The van der Waals surface area contributed by atoms with E-state index in [1.807, 2.05) is 0 Å². The van der Waals surface area contributed by atoms with Crippen molar-refractivity contribution in [2.45, 2.75) is 45.4 Å². The van der Waals surface area contributed by atoms with Crippen molar-refractivity contribution in [3.63, 3.8) is 0 Å². The van der Waals surface area contributed by atoms with Gasteiger partial charge in [0.1, 0.15) is 0 Å². The van der Waals surface area contributed by atoms with E-state index in [0.29, 0.717) is 0 Å². The van der Waals surface area contributed by atoms with Gasteiger partial charge in [-0.05, 0) is 13.0 Å². The topological polar surface area (TPSA) is 26.0 Å². The van der Waals surface area contributed by atoms with Crippen LogP contribution in [0.5, 0.6) is 0 Å². The van der Waals surface area contributed by atoms with Crippen molar-refractivity contribution in [1.29, 1.82) is 0 Å². The van der Waals surface area contributed by atoms with Crippen LogP contribution in [0, 0.1) is 0 Å². The Balaban J connectivity index is 0. The van der Waals surface area contributed by atoms with Crippen molar-refractivity contribution in [2.75, 3.05) is 6.54 Å². The van der Waals surface area contributed by atoms with Gasteiger partial charge in [0.25, 0.3) is 0 Å². The van der Waals surface area contributed by atoms with E-state index < -0.39 is 0 Å². The molecule has 0 saturated carbocycles. The first kappa shape index (κ1) is 13.1. The molecule has 0 heterocycles. The van der Waals surface area contributed by atoms with Crippen LogP contribution in [-0.4, -0.2) is 23.6 Å². The van der Waals surface area contributed by atoms with Gasteiger partial charge in [-0.3, -0.25) is 0 Å². The zero-order valence-electron chi connectivity index (χ0n) is 6.94. The van der Waals surface area contributed by atoms with Crippen LogP contribution >= 0.6 is 0 Å². The zero-order chi connectivity index (χ0) is 6.95. The average molecular weight is 208 g/mol. The second kappa shape index (κ2) is 12.2. The van der Waals surface area contributed by atoms with Crippen LogP contribution in [0.3, 0.4) is 0 Å². The van der Waals surface area contributed by atoms with E-state index in [0.717, 1.165) is 6.54 Å². The van der Waals surface area contributed by atoms with E-state index in [-0.39, 0.29) is 17.1 Å². The van der Waals surface area contributed by atoms with Crippen LogP contribution in [0.25, 0.3) is 0 Å². The molecule has 0 aromatic rings. The third-order valence-electron chi connectivity index (χ3n) is 1.56. The largest absolute Gasteiger partial charge is 0.330 e. The second-order valence-electron chi connectivity index (χ2n) is 2.56. The van der Waals surface area contributed by atoms with E-state index >= 15 is 0 Å². The predicted octanol–water partition coefficient (Wildman–Crippen LogP) is 1.92. The quantitative estimate of drug-likeness (QED) is 0.523. The minimum atomic E-state index is 0. The number of nitrogens with two attached hydrogens (primary N) is 1. The average Bonchev–Trinajstić information content (AvgIpc) is 1.89. The maximum absolute atomic E-state index is 5.34. The van der Waals surface area contributed by atoms with Gasteiger partial charge in [-0.15, -0.1) is 0 Å². The molecule has 1 nitrogen and oxygen atoms in total. The molecule has 0 spiro atoms. The van der Waals surface area contributed by atoms with Crippen molar-refractivity contribution < 1.29 is 0 Å². The molecule has 0 amide bonds. The fourth-order valence-electron chi connectivity index (χ4n) is 0.925. The summed E-state index contributed by atoms with van der Waals surface area (Å²) in [5, 5.41) is 0. The summed E-state index contributed by atoms with van der Waals surface area (Å²) in [7, 11) is 0. The summed E-state index contributed by atoms with van der Waals surface area (Å²) in [6.45, 7) is 3.11. The van der Waals surface area contributed by atoms with Crippen LogP contribution in [-0.2, 0) is 0 Å². The summed E-state index contributed by atoms with van der Waals surface area (Å²) >= 11 is 0. The molecule has 10 heavy (non-hydrogen) atoms. The van der Waals surface area contributed by atoms with Crippen molar-refractivity contribution >= 4 is 17.1 Å². The summed E-state index contributed by atoms with van der Waals surface area (Å²) < 4.78 is 0. The van der Waals surface area contributed by atoms with Gasteiger partial charge in [0.2, 0.25) is 0 Å². The molecule has 0 fully saturated rings. The first-order chi connectivity index (χ1) is 4.41. The molecule has 0 aliphatic rings. The third-order valence-corrected chi connectivity index (χ3v) is 1.56. The molecule has 0 aliphatic heterocycles. The molecule has 0 aromatic heterocycles. The molecular weight excluding hydrogens is 189 g/mol. The first-order valence-corrected chi connectivity index (χ1v) is 4.12. The van der Waals surface area contributed by atoms with Gasteiger partial charge in [-0.25, -0.2) is 0 Å². The summed E-state index contributed by atoms with van der Waals surface area (Å²) in [5.74, 6) is 0. The standard InChI is InChI=1S/C8H19N.Se/c1-2-3-4-5-6-7-8-9;/h2-9H2,1H3;. The molecule has 2 radical (unpaired) electrons. The zero-order valence-corrected chi connectivity index (χ0v) is 8.65. The summed E-state index contributed by atoms with van der Waals surface area (Å²) in [5.41, 5.74) is 5.34. The smallest absolute Gasteiger partial charge is 0 e. The first-order valence-electron chi connectivity index (χ1n) is 4.12. The molecule has 0 saturated heterocycles. The Morgan fingerprint density at radius 3 is 1.90 bits per heavy atom. The Hall–Kier alpha value is 0.479. The van der Waals surface area contributed by atoms with E-state index in [1.54, 1.807) is 0 Å². The number of hydrogen-bond acceptors (Lipinski definition) is 1. The molecule has 0 unspecified atom stereocenters. The molecular formula is C8H19NSe. The van der Waals surface area contributed by atoms with Crippen molar-refractivity contribution in [3.05, 3.63) is 0 Å². The molecule has 0 atom stereocenters. The maximum Gasteiger partial charge on any atom is 0 e. The van der Waals surface area contributed by atoms with Gasteiger partial charge in [-0.1, -0.05) is 39.0 Å². The van der Waals surface area contributed by atoms with Crippen LogP contribution in [0.15, 0.2) is 0 Å². The predicted molar refractivity (Wildman–Crippen MR) is 48.2 cm³/mol. The van der Waals surface area contributed by atoms with Crippen LogP contribution < -0.4 is 5.73 Å². The maximum atomic E-state index is 5.34. The van der Waals surface area contributed by atoms with Gasteiger partial charge >= 0.3 is 0 Å². The summed E-state index contributed by atoms with van der Waals surface area (Å²) in [4.78, 5) is 0. The fourth-order valence-corrected chi connectivity index (χ4v) is 0.925. The van der Waals surface area contributed by atoms with Gasteiger partial charge in [-0.2, -0.15) is 0 Å². The van der Waals surface area contributed by atoms with Gasteiger partial charge in [0.15, 0.2) is 0 Å². The summed E-state index contributed by atoms with van der Waals surface area (Å²) in [6.07, 6.45) is 8.05. The van der Waals surface area contributed by atoms with Gasteiger partial charge in [0.05, 0.1) is 0 Å². The normalized spacial score (nSPS) is 9.00. The van der Waals surface area contributed by atoms with E-state index in [4.69, 9.17) is 5.73 Å². The number of unbranched alkanes of at least 4 members (excludes halogenated alkanes) is 5. The Morgan fingerprint density at radius 1 is 0.900 bits per heavy atom. The summed E-state index contributed by atoms with van der Waals surface area (Å²) in [6, 6.07) is 0. The van der Waals surface area contributed by atoms with E-state index in [9.17, 15) is 0 Å². The Kier molecular flexibility index (Phi) is 16.0. The van der Waals surface area contributed by atoms with Gasteiger partial charge < -0.3 is 5.73 Å². The van der Waals surface area contributed by atoms with Crippen LogP contribution in [0.1, 0.15) is 45.4 Å². The molecule has 0 bridgehead atoms. The second-order valence-corrected chi connectivity index (χ2v) is 2.56. The Labute approximate surface area is 75.2 Å². The van der Waals surface area contributed by atoms with E-state index in [1.165, 1.54) is 38.5 Å². The van der Waals surface area contributed by atoms with Crippen molar-refractivity contribution in [2.24, 2.45) is 5.73 Å². The molecule has 0 aromatic carbocycles. The van der Waals surface area contributed by atoms with Crippen LogP contribution in [0.2, 0.25) is 0 Å². The number of rotatable bonds is 6. The molecule has 0 aliphatic carbocycles. The third kappa shape index (κ3) is 11.3. The molecule has 0 rings (SSSR count). The molecule has 2 heteroatoms. The van der Waals surface area contributed by atoms with Crippen LogP contribution in [0.4, 0.5) is 0 Å². The van der Waals surface area contributed by atoms with Gasteiger partial charge in [0, 0.05) is 17.1 Å². The molecule has 2 N–H and O–H groups in total. The van der Waals surface area contributed by atoms with E-state index in [2.05, 4.69) is 6.92 Å². The minimum absolute atomic E-state index is 0. The van der Waals surface area contributed by atoms with Crippen molar-refractivity contribution in [3.8, 4) is 0 Å². The fraction of sp³-hybridized carbons (Fsp3) is 1.00.